The second-order valence-electron chi connectivity index (χ2n) is 9.46. The highest BCUT2D eigenvalue weighted by atomic mass is 35.5. The van der Waals surface area contributed by atoms with Gasteiger partial charge >= 0.3 is 6.03 Å². The lowest BCUT2D eigenvalue weighted by Crippen LogP contribution is -2.39. The number of benzene rings is 2. The van der Waals surface area contributed by atoms with Crippen molar-refractivity contribution >= 4 is 46.8 Å². The number of hydrazine groups is 1. The first kappa shape index (κ1) is 26.8. The molecule has 1 atom stereocenters. The number of piperidine rings is 1. The molecule has 6 rings (SSSR count). The zero-order valence-electron chi connectivity index (χ0n) is 21.3. The molecule has 40 heavy (non-hydrogen) atoms. The van der Waals surface area contributed by atoms with E-state index in [-0.39, 0.29) is 30.4 Å². The standard InChI is InChI=1S/C30H24N6O3.ClH/c31-34-28(37)23-17-26(33-25-14-15-32-18-24(23)25)21-10-6-19(7-11-21)4-5-20-8-12-22(13-9-20)36-29(38)27-3-1-2-16-35(27)30(36)39;/h6-15,17-18,27H,1-3,16,31H2,(H,34,37);1H. The summed E-state index contributed by atoms with van der Waals surface area (Å²) >= 11 is 0. The van der Waals surface area contributed by atoms with Crippen LogP contribution in [0.15, 0.2) is 73.1 Å². The minimum Gasteiger partial charge on any atom is -0.312 e. The van der Waals surface area contributed by atoms with Crippen LogP contribution in [-0.4, -0.2) is 45.3 Å². The molecule has 0 spiro atoms. The van der Waals surface area contributed by atoms with Gasteiger partial charge in [-0.1, -0.05) is 24.0 Å². The van der Waals surface area contributed by atoms with E-state index in [2.05, 4.69) is 27.2 Å². The number of fused-ring (bicyclic) bond motifs is 2. The number of nitrogens with one attached hydrogen (secondary N) is 1. The fourth-order valence-electron chi connectivity index (χ4n) is 5.07. The number of anilines is 1. The molecule has 2 aromatic heterocycles. The molecule has 10 heteroatoms. The number of rotatable bonds is 3. The van der Waals surface area contributed by atoms with Crippen LogP contribution in [0.4, 0.5) is 10.5 Å². The number of halogens is 1. The van der Waals surface area contributed by atoms with E-state index in [0.717, 1.165) is 36.0 Å². The molecule has 9 nitrogen and oxygen atoms in total. The van der Waals surface area contributed by atoms with Crippen molar-refractivity contribution in [3.63, 3.8) is 0 Å². The number of aromatic nitrogens is 2. The van der Waals surface area contributed by atoms with Gasteiger partial charge in [-0.25, -0.2) is 20.5 Å². The quantitative estimate of drug-likeness (QED) is 0.130. The summed E-state index contributed by atoms with van der Waals surface area (Å²) in [5, 5.41) is 0.618. The molecule has 0 saturated carbocycles. The van der Waals surface area contributed by atoms with E-state index >= 15 is 0 Å². The number of nitrogens with two attached hydrogens (primary N) is 1. The Morgan fingerprint density at radius 2 is 1.68 bits per heavy atom. The Bertz CT molecular complexity index is 1650. The number of urea groups is 1. The fourth-order valence-corrected chi connectivity index (χ4v) is 5.07. The molecule has 2 aromatic carbocycles. The SMILES string of the molecule is Cl.NNC(=O)c1cc(-c2ccc(C#Cc3ccc(N4C(=O)C5CCCCN5C4=O)cc3)cc2)nc2ccncc12. The van der Waals surface area contributed by atoms with Crippen LogP contribution in [0.2, 0.25) is 0 Å². The largest absolute Gasteiger partial charge is 0.332 e. The van der Waals surface area contributed by atoms with Crippen molar-refractivity contribution in [3.05, 3.63) is 89.7 Å². The maximum absolute atomic E-state index is 12.8. The fraction of sp³-hybridized carbons (Fsp3) is 0.167. The van der Waals surface area contributed by atoms with Gasteiger partial charge in [0.1, 0.15) is 6.04 Å². The van der Waals surface area contributed by atoms with Crippen molar-refractivity contribution in [2.45, 2.75) is 25.3 Å². The van der Waals surface area contributed by atoms with Crippen molar-refractivity contribution in [3.8, 4) is 23.1 Å². The molecule has 2 fully saturated rings. The second-order valence-corrected chi connectivity index (χ2v) is 9.46. The van der Waals surface area contributed by atoms with Gasteiger partial charge in [0.05, 0.1) is 22.5 Å². The molecular formula is C30H25ClN6O3. The molecule has 4 amide bonds. The average molecular weight is 553 g/mol. The van der Waals surface area contributed by atoms with Crippen LogP contribution in [0.1, 0.15) is 40.7 Å². The van der Waals surface area contributed by atoms with Gasteiger partial charge in [0.15, 0.2) is 0 Å². The minimum absolute atomic E-state index is 0. The topological polar surface area (TPSA) is 122 Å². The molecular weight excluding hydrogens is 528 g/mol. The summed E-state index contributed by atoms with van der Waals surface area (Å²) in [6.45, 7) is 0.632. The van der Waals surface area contributed by atoms with Gasteiger partial charge in [-0.05, 0) is 67.8 Å². The Balaban J connectivity index is 0.00000323. The molecule has 2 aliphatic rings. The van der Waals surface area contributed by atoms with Crippen LogP contribution in [0, 0.1) is 11.8 Å². The predicted octanol–water partition coefficient (Wildman–Crippen LogP) is 4.04. The van der Waals surface area contributed by atoms with E-state index in [1.54, 1.807) is 41.6 Å². The molecule has 0 aliphatic carbocycles. The zero-order valence-corrected chi connectivity index (χ0v) is 22.1. The van der Waals surface area contributed by atoms with E-state index in [1.807, 2.05) is 36.4 Å². The van der Waals surface area contributed by atoms with Gasteiger partial charge in [0.2, 0.25) is 0 Å². The Hall–Kier alpha value is -4.78. The highest BCUT2D eigenvalue weighted by Gasteiger charge is 2.46. The summed E-state index contributed by atoms with van der Waals surface area (Å²) in [5.41, 5.74) is 6.80. The van der Waals surface area contributed by atoms with Crippen LogP contribution in [0.25, 0.3) is 22.2 Å². The third-order valence-electron chi connectivity index (χ3n) is 7.09. The van der Waals surface area contributed by atoms with Crippen LogP contribution in [-0.2, 0) is 4.79 Å². The third kappa shape index (κ3) is 4.86. The van der Waals surface area contributed by atoms with Gasteiger partial charge < -0.3 is 4.90 Å². The number of amides is 4. The second kappa shape index (κ2) is 11.1. The molecule has 0 radical (unpaired) electrons. The number of pyridine rings is 2. The number of carbonyl (C=O) groups excluding carboxylic acids is 3. The van der Waals surface area contributed by atoms with Gasteiger partial charge in [-0.3, -0.25) is 20.0 Å². The summed E-state index contributed by atoms with van der Waals surface area (Å²) in [4.78, 5) is 49.6. The van der Waals surface area contributed by atoms with Crippen molar-refractivity contribution in [2.75, 3.05) is 11.4 Å². The van der Waals surface area contributed by atoms with Crippen LogP contribution < -0.4 is 16.2 Å². The van der Waals surface area contributed by atoms with Crippen molar-refractivity contribution < 1.29 is 14.4 Å². The first-order chi connectivity index (χ1) is 19.0. The number of carbonyl (C=O) groups is 3. The van der Waals surface area contributed by atoms with Gasteiger partial charge in [-0.2, -0.15) is 0 Å². The molecule has 4 heterocycles. The summed E-state index contributed by atoms with van der Waals surface area (Å²) < 4.78 is 0. The van der Waals surface area contributed by atoms with E-state index in [4.69, 9.17) is 5.84 Å². The summed E-state index contributed by atoms with van der Waals surface area (Å²) in [7, 11) is 0. The first-order valence-corrected chi connectivity index (χ1v) is 12.7. The van der Waals surface area contributed by atoms with Crippen LogP contribution in [0.5, 0.6) is 0 Å². The average Bonchev–Trinajstić information content (AvgIpc) is 3.25. The summed E-state index contributed by atoms with van der Waals surface area (Å²) in [6, 6.07) is 17.6. The lowest BCUT2D eigenvalue weighted by atomic mass is 10.0. The maximum atomic E-state index is 12.8. The van der Waals surface area contributed by atoms with Crippen LogP contribution in [0.3, 0.4) is 0 Å². The van der Waals surface area contributed by atoms with Crippen molar-refractivity contribution in [2.24, 2.45) is 5.84 Å². The normalized spacial score (nSPS) is 16.2. The van der Waals surface area contributed by atoms with Gasteiger partial charge in [-0.15, -0.1) is 12.4 Å². The highest BCUT2D eigenvalue weighted by molar-refractivity contribution is 6.21. The van der Waals surface area contributed by atoms with E-state index in [0.29, 0.717) is 34.4 Å². The lowest BCUT2D eigenvalue weighted by molar-refractivity contribution is -0.120. The Kier molecular flexibility index (Phi) is 7.47. The predicted molar refractivity (Wildman–Crippen MR) is 154 cm³/mol. The van der Waals surface area contributed by atoms with Gasteiger partial charge in [0.25, 0.3) is 11.8 Å². The molecule has 1 unspecified atom stereocenters. The molecule has 2 aliphatic heterocycles. The number of nitrogens with zero attached hydrogens (tertiary/aromatic N) is 4. The van der Waals surface area contributed by atoms with Gasteiger partial charge in [0, 0.05) is 41.0 Å². The smallest absolute Gasteiger partial charge is 0.312 e. The zero-order chi connectivity index (χ0) is 26.9. The molecule has 200 valence electrons. The van der Waals surface area contributed by atoms with Crippen LogP contribution >= 0.6 is 12.4 Å². The molecule has 4 aromatic rings. The highest BCUT2D eigenvalue weighted by Crippen LogP contribution is 2.31. The molecule has 0 bridgehead atoms. The monoisotopic (exact) mass is 552 g/mol. The van der Waals surface area contributed by atoms with E-state index in [1.165, 1.54) is 4.90 Å². The number of hydrogen-bond donors (Lipinski definition) is 2. The lowest BCUT2D eigenvalue weighted by Gasteiger charge is -2.25. The number of nitrogen functional groups attached to an aromatic ring is 1. The van der Waals surface area contributed by atoms with Crippen molar-refractivity contribution in [1.82, 2.24) is 20.3 Å². The summed E-state index contributed by atoms with van der Waals surface area (Å²) in [5.74, 6) is 11.1. The van der Waals surface area contributed by atoms with E-state index in [9.17, 15) is 14.4 Å². The van der Waals surface area contributed by atoms with E-state index < -0.39 is 5.91 Å². The number of imide groups is 1. The Morgan fingerprint density at radius 1 is 0.975 bits per heavy atom. The molecule has 2 saturated heterocycles. The summed E-state index contributed by atoms with van der Waals surface area (Å²) in [6.07, 6.45) is 5.84. The Morgan fingerprint density at radius 3 is 2.35 bits per heavy atom. The molecule has 3 N–H and O–H groups in total. The van der Waals surface area contributed by atoms with Crippen molar-refractivity contribution in [1.29, 1.82) is 0 Å². The third-order valence-corrected chi connectivity index (χ3v) is 7.09. The Labute approximate surface area is 236 Å². The first-order valence-electron chi connectivity index (χ1n) is 12.7. The number of hydrogen-bond acceptors (Lipinski definition) is 6. The maximum Gasteiger partial charge on any atom is 0.332 e. The minimum atomic E-state index is -0.417.